The van der Waals surface area contributed by atoms with Crippen molar-refractivity contribution in [1.29, 1.82) is 0 Å². The zero-order valence-corrected chi connectivity index (χ0v) is 13.5. The summed E-state index contributed by atoms with van der Waals surface area (Å²) in [6.07, 6.45) is 3.39. The zero-order chi connectivity index (χ0) is 14.8. The SMILES string of the molecule is Cn1c(SCC(=O)N2CCCCC2)nc2sccc2c1=O. The molecule has 0 unspecified atom stereocenters. The predicted octanol–water partition coefficient (Wildman–Crippen LogP) is 2.10. The number of fused-ring (bicyclic) bond motifs is 1. The Morgan fingerprint density at radius 1 is 1.38 bits per heavy atom. The van der Waals surface area contributed by atoms with Crippen LogP contribution >= 0.6 is 23.1 Å². The number of carbonyl (C=O) groups is 1. The topological polar surface area (TPSA) is 55.2 Å². The first-order chi connectivity index (χ1) is 10.2. The van der Waals surface area contributed by atoms with E-state index in [2.05, 4.69) is 4.98 Å². The number of likely N-dealkylation sites (tertiary alicyclic amines) is 1. The summed E-state index contributed by atoms with van der Waals surface area (Å²) in [7, 11) is 1.71. The van der Waals surface area contributed by atoms with Gasteiger partial charge in [-0.15, -0.1) is 11.3 Å². The monoisotopic (exact) mass is 323 g/mol. The normalized spacial score (nSPS) is 15.6. The van der Waals surface area contributed by atoms with Gasteiger partial charge >= 0.3 is 0 Å². The van der Waals surface area contributed by atoms with Crippen LogP contribution in [0.3, 0.4) is 0 Å². The molecule has 1 saturated heterocycles. The first-order valence-corrected chi connectivity index (χ1v) is 8.88. The summed E-state index contributed by atoms with van der Waals surface area (Å²) in [5, 5.41) is 3.13. The van der Waals surface area contributed by atoms with Crippen molar-refractivity contribution >= 4 is 39.2 Å². The van der Waals surface area contributed by atoms with Crippen LogP contribution in [0, 0.1) is 0 Å². The molecule has 0 spiro atoms. The average Bonchev–Trinajstić information content (AvgIpc) is 2.98. The third kappa shape index (κ3) is 2.98. The summed E-state index contributed by atoms with van der Waals surface area (Å²) in [4.78, 5) is 31.5. The molecule has 0 atom stereocenters. The molecule has 0 bridgehead atoms. The van der Waals surface area contributed by atoms with Gasteiger partial charge in [0.2, 0.25) is 5.91 Å². The van der Waals surface area contributed by atoms with Gasteiger partial charge in [-0.3, -0.25) is 14.2 Å². The van der Waals surface area contributed by atoms with Crippen molar-refractivity contribution in [2.24, 2.45) is 7.05 Å². The highest BCUT2D eigenvalue weighted by molar-refractivity contribution is 7.99. The van der Waals surface area contributed by atoms with Crippen LogP contribution in [0.1, 0.15) is 19.3 Å². The van der Waals surface area contributed by atoms with Gasteiger partial charge in [-0.05, 0) is 30.7 Å². The lowest BCUT2D eigenvalue weighted by Gasteiger charge is -2.26. The molecule has 3 heterocycles. The Morgan fingerprint density at radius 2 is 2.14 bits per heavy atom. The molecule has 112 valence electrons. The van der Waals surface area contributed by atoms with Gasteiger partial charge in [-0.25, -0.2) is 4.98 Å². The van der Waals surface area contributed by atoms with Crippen LogP contribution in [0.25, 0.3) is 10.2 Å². The molecule has 1 fully saturated rings. The number of hydrogen-bond donors (Lipinski definition) is 0. The van der Waals surface area contributed by atoms with Crippen LogP contribution in [-0.4, -0.2) is 39.2 Å². The molecular weight excluding hydrogens is 306 g/mol. The number of aromatic nitrogens is 2. The molecule has 5 nitrogen and oxygen atoms in total. The lowest BCUT2D eigenvalue weighted by molar-refractivity contribution is -0.129. The Balaban J connectivity index is 1.74. The van der Waals surface area contributed by atoms with Gasteiger partial charge in [0.25, 0.3) is 5.56 Å². The lowest BCUT2D eigenvalue weighted by atomic mass is 10.1. The van der Waals surface area contributed by atoms with E-state index in [9.17, 15) is 9.59 Å². The molecule has 0 N–H and O–H groups in total. The maximum absolute atomic E-state index is 12.2. The van der Waals surface area contributed by atoms with Crippen LogP contribution in [0.4, 0.5) is 0 Å². The fourth-order valence-electron chi connectivity index (χ4n) is 2.47. The molecule has 0 saturated carbocycles. The maximum atomic E-state index is 12.2. The third-order valence-electron chi connectivity index (χ3n) is 3.70. The molecule has 1 aliphatic heterocycles. The second-order valence-electron chi connectivity index (χ2n) is 5.13. The largest absolute Gasteiger partial charge is 0.342 e. The molecular formula is C14H17N3O2S2. The number of piperidine rings is 1. The first kappa shape index (κ1) is 14.6. The van der Waals surface area contributed by atoms with E-state index in [4.69, 9.17) is 0 Å². The van der Waals surface area contributed by atoms with Gasteiger partial charge in [0.1, 0.15) is 4.83 Å². The number of amides is 1. The maximum Gasteiger partial charge on any atom is 0.262 e. The number of rotatable bonds is 3. The molecule has 2 aromatic rings. The van der Waals surface area contributed by atoms with E-state index < -0.39 is 0 Å². The summed E-state index contributed by atoms with van der Waals surface area (Å²) >= 11 is 2.80. The average molecular weight is 323 g/mol. The van der Waals surface area contributed by atoms with Crippen LogP contribution in [0.2, 0.25) is 0 Å². The van der Waals surface area contributed by atoms with E-state index >= 15 is 0 Å². The fraction of sp³-hybridized carbons (Fsp3) is 0.500. The van der Waals surface area contributed by atoms with Crippen LogP contribution in [0.15, 0.2) is 21.4 Å². The van der Waals surface area contributed by atoms with E-state index in [0.717, 1.165) is 30.8 Å². The lowest BCUT2D eigenvalue weighted by Crippen LogP contribution is -2.36. The summed E-state index contributed by atoms with van der Waals surface area (Å²) in [5.41, 5.74) is -0.0471. The summed E-state index contributed by atoms with van der Waals surface area (Å²) in [6.45, 7) is 1.71. The highest BCUT2D eigenvalue weighted by Gasteiger charge is 2.18. The Morgan fingerprint density at radius 3 is 2.90 bits per heavy atom. The summed E-state index contributed by atoms with van der Waals surface area (Å²) in [6, 6.07) is 1.79. The van der Waals surface area contributed by atoms with E-state index in [0.29, 0.717) is 16.3 Å². The summed E-state index contributed by atoms with van der Waals surface area (Å²) < 4.78 is 1.53. The van der Waals surface area contributed by atoms with Crippen molar-refractivity contribution in [2.45, 2.75) is 24.4 Å². The van der Waals surface area contributed by atoms with Gasteiger partial charge in [0.15, 0.2) is 5.16 Å². The predicted molar refractivity (Wildman–Crippen MR) is 86.0 cm³/mol. The Bertz CT molecular complexity index is 717. The first-order valence-electron chi connectivity index (χ1n) is 7.01. The quantitative estimate of drug-likeness (QED) is 0.641. The third-order valence-corrected chi connectivity index (χ3v) is 5.52. The second-order valence-corrected chi connectivity index (χ2v) is 6.97. The van der Waals surface area contributed by atoms with E-state index in [-0.39, 0.29) is 11.5 Å². The van der Waals surface area contributed by atoms with E-state index in [1.54, 1.807) is 13.1 Å². The molecule has 3 rings (SSSR count). The number of hydrogen-bond acceptors (Lipinski definition) is 5. The van der Waals surface area contributed by atoms with Crippen molar-refractivity contribution in [2.75, 3.05) is 18.8 Å². The highest BCUT2D eigenvalue weighted by Crippen LogP contribution is 2.21. The number of thioether (sulfide) groups is 1. The van der Waals surface area contributed by atoms with Crippen molar-refractivity contribution in [3.8, 4) is 0 Å². The van der Waals surface area contributed by atoms with Gasteiger partial charge in [0, 0.05) is 20.1 Å². The molecule has 1 aliphatic rings. The second kappa shape index (κ2) is 6.19. The molecule has 7 heteroatoms. The highest BCUT2D eigenvalue weighted by atomic mass is 32.2. The van der Waals surface area contributed by atoms with Crippen LogP contribution in [0.5, 0.6) is 0 Å². The van der Waals surface area contributed by atoms with Crippen molar-refractivity contribution < 1.29 is 4.79 Å². The number of nitrogens with zero attached hydrogens (tertiary/aromatic N) is 3. The zero-order valence-electron chi connectivity index (χ0n) is 11.9. The Kier molecular flexibility index (Phi) is 4.30. The van der Waals surface area contributed by atoms with Crippen LogP contribution < -0.4 is 5.56 Å². The minimum atomic E-state index is -0.0471. The minimum absolute atomic E-state index is 0.0471. The fourth-order valence-corrected chi connectivity index (χ4v) is 4.15. The Hall–Kier alpha value is -1.34. The van der Waals surface area contributed by atoms with Gasteiger partial charge in [0.05, 0.1) is 11.1 Å². The van der Waals surface area contributed by atoms with Crippen LogP contribution in [-0.2, 0) is 11.8 Å². The van der Waals surface area contributed by atoms with Gasteiger partial charge in [-0.1, -0.05) is 11.8 Å². The molecule has 0 radical (unpaired) electrons. The Labute approximate surface area is 131 Å². The molecule has 0 aliphatic carbocycles. The number of carbonyl (C=O) groups excluding carboxylic acids is 1. The molecule has 2 aromatic heterocycles. The summed E-state index contributed by atoms with van der Waals surface area (Å²) in [5.74, 6) is 0.484. The van der Waals surface area contributed by atoms with E-state index in [1.807, 2.05) is 10.3 Å². The van der Waals surface area contributed by atoms with Crippen molar-refractivity contribution in [3.63, 3.8) is 0 Å². The minimum Gasteiger partial charge on any atom is -0.342 e. The van der Waals surface area contributed by atoms with Gasteiger partial charge < -0.3 is 4.90 Å². The van der Waals surface area contributed by atoms with Crippen molar-refractivity contribution in [1.82, 2.24) is 14.5 Å². The molecule has 0 aromatic carbocycles. The standard InChI is InChI=1S/C14H17N3O2S2/c1-16-13(19)10-5-8-20-12(10)15-14(16)21-9-11(18)17-6-3-2-4-7-17/h5,8H,2-4,6-7,9H2,1H3. The molecule has 1 amide bonds. The number of thiophene rings is 1. The van der Waals surface area contributed by atoms with Crippen molar-refractivity contribution in [3.05, 3.63) is 21.8 Å². The van der Waals surface area contributed by atoms with Gasteiger partial charge in [-0.2, -0.15) is 0 Å². The smallest absolute Gasteiger partial charge is 0.262 e. The van der Waals surface area contributed by atoms with E-state index in [1.165, 1.54) is 34.1 Å². The molecule has 21 heavy (non-hydrogen) atoms.